The molecule has 0 atom stereocenters. The number of hydrogen-bond acceptors (Lipinski definition) is 0. The van der Waals surface area contributed by atoms with Crippen LogP contribution in [0.1, 0.15) is 0 Å². The second kappa shape index (κ2) is 12.7. The number of benzene rings is 4. The molecule has 0 aliphatic heterocycles. The van der Waals surface area contributed by atoms with Crippen molar-refractivity contribution in [1.29, 1.82) is 0 Å². The van der Waals surface area contributed by atoms with Crippen molar-refractivity contribution in [2.45, 2.75) is 0 Å². The Morgan fingerprint density at radius 2 is 0.481 bits per heavy atom. The molecule has 4 rings (SSSR count). The molecule has 0 aromatic heterocycles. The van der Waals surface area contributed by atoms with Gasteiger partial charge in [0.15, 0.2) is 0 Å². The van der Waals surface area contributed by atoms with Crippen molar-refractivity contribution in [1.82, 2.24) is 0 Å². The van der Waals surface area contributed by atoms with Crippen LogP contribution in [0.3, 0.4) is 0 Å². The normalized spacial score (nSPS) is 9.48. The van der Waals surface area contributed by atoms with Crippen LogP contribution in [0.5, 0.6) is 0 Å². The van der Waals surface area contributed by atoms with Gasteiger partial charge in [-0.2, -0.15) is 0 Å². The summed E-state index contributed by atoms with van der Waals surface area (Å²) in [6.45, 7) is 0. The van der Waals surface area contributed by atoms with Crippen LogP contribution in [0.2, 0.25) is 0 Å². The summed E-state index contributed by atoms with van der Waals surface area (Å²) in [4.78, 5) is 0. The Labute approximate surface area is 179 Å². The SMILES string of the molecule is [Pd+2].c1ccc(Pc2ccccc2)cc1.c1ccc(Pc2ccccc2)cc1. The summed E-state index contributed by atoms with van der Waals surface area (Å²) in [7, 11) is 1.55. The molecule has 0 aliphatic rings. The van der Waals surface area contributed by atoms with Gasteiger partial charge in [-0.25, -0.2) is 0 Å². The molecule has 0 aliphatic carbocycles. The summed E-state index contributed by atoms with van der Waals surface area (Å²) in [6.07, 6.45) is 0. The predicted octanol–water partition coefficient (Wildman–Crippen LogP) is 4.63. The predicted molar refractivity (Wildman–Crippen MR) is 121 cm³/mol. The van der Waals surface area contributed by atoms with Crippen LogP contribution in [0.25, 0.3) is 0 Å². The van der Waals surface area contributed by atoms with Gasteiger partial charge in [-0.05, 0) is 21.2 Å². The summed E-state index contributed by atoms with van der Waals surface area (Å²) in [5, 5.41) is 5.59. The largest absolute Gasteiger partial charge is 2.00 e. The number of hydrogen-bond donors (Lipinski definition) is 0. The summed E-state index contributed by atoms with van der Waals surface area (Å²) < 4.78 is 0. The van der Waals surface area contributed by atoms with Crippen LogP contribution < -0.4 is 21.2 Å². The van der Waals surface area contributed by atoms with Gasteiger partial charge in [0, 0.05) is 0 Å². The van der Waals surface area contributed by atoms with Crippen LogP contribution >= 0.6 is 17.2 Å². The molecule has 0 radical (unpaired) electrons. The topological polar surface area (TPSA) is 0 Å². The zero-order chi connectivity index (χ0) is 17.9. The van der Waals surface area contributed by atoms with Crippen molar-refractivity contribution in [3.63, 3.8) is 0 Å². The van der Waals surface area contributed by atoms with E-state index < -0.39 is 0 Å². The van der Waals surface area contributed by atoms with Gasteiger partial charge < -0.3 is 0 Å². The molecule has 0 saturated heterocycles. The first-order valence-corrected chi connectivity index (χ1v) is 10.6. The maximum atomic E-state index is 2.17. The molecule has 0 saturated carbocycles. The molecule has 4 aromatic rings. The van der Waals surface area contributed by atoms with E-state index in [1.807, 2.05) is 0 Å². The molecule has 0 heterocycles. The standard InChI is InChI=1S/2C12H11P.Pd/c2*1-3-7-11(8-4-1)13-12-9-5-2-6-10-12;/h2*1-10,13H;/q;;+2. The van der Waals surface area contributed by atoms with Crippen LogP contribution in [0, 0.1) is 0 Å². The van der Waals surface area contributed by atoms with E-state index in [0.29, 0.717) is 0 Å². The van der Waals surface area contributed by atoms with E-state index in [-0.39, 0.29) is 20.4 Å². The molecule has 0 unspecified atom stereocenters. The Morgan fingerprint density at radius 1 is 0.296 bits per heavy atom. The first-order valence-electron chi connectivity index (χ1n) is 8.64. The van der Waals surface area contributed by atoms with E-state index in [4.69, 9.17) is 0 Å². The summed E-state index contributed by atoms with van der Waals surface area (Å²) in [5.74, 6) is 0. The molecule has 0 nitrogen and oxygen atoms in total. The van der Waals surface area contributed by atoms with Crippen LogP contribution in [0.15, 0.2) is 121 Å². The minimum absolute atomic E-state index is 0. The van der Waals surface area contributed by atoms with Gasteiger partial charge in [-0.3, -0.25) is 0 Å². The molecule has 0 N–H and O–H groups in total. The average Bonchev–Trinajstić information content (AvgIpc) is 2.72. The minimum atomic E-state index is 0. The third kappa shape index (κ3) is 8.30. The quantitative estimate of drug-likeness (QED) is 0.296. The van der Waals surface area contributed by atoms with E-state index in [2.05, 4.69) is 121 Å². The van der Waals surface area contributed by atoms with Crippen LogP contribution in [-0.2, 0) is 20.4 Å². The Bertz CT molecular complexity index is 715. The molecule has 0 spiro atoms. The van der Waals surface area contributed by atoms with Crippen molar-refractivity contribution >= 4 is 38.4 Å². The van der Waals surface area contributed by atoms with Gasteiger partial charge in [0.05, 0.1) is 0 Å². The van der Waals surface area contributed by atoms with Gasteiger partial charge in [-0.15, -0.1) is 0 Å². The van der Waals surface area contributed by atoms with E-state index in [0.717, 1.165) is 17.2 Å². The Hall–Kier alpha value is -1.60. The van der Waals surface area contributed by atoms with Crippen molar-refractivity contribution in [3.8, 4) is 0 Å². The third-order valence-corrected chi connectivity index (χ3v) is 6.16. The molecule has 0 amide bonds. The Balaban J connectivity index is 0.000000187. The molecule has 136 valence electrons. The van der Waals surface area contributed by atoms with Gasteiger partial charge >= 0.3 is 20.4 Å². The van der Waals surface area contributed by atoms with Gasteiger partial charge in [0.2, 0.25) is 0 Å². The first kappa shape index (κ1) is 21.7. The summed E-state index contributed by atoms with van der Waals surface area (Å²) >= 11 is 0. The smallest absolute Gasteiger partial charge is 0.0622 e. The Morgan fingerprint density at radius 3 is 0.667 bits per heavy atom. The minimum Gasteiger partial charge on any atom is -0.0622 e. The van der Waals surface area contributed by atoms with Crippen LogP contribution in [-0.4, -0.2) is 0 Å². The number of rotatable bonds is 4. The second-order valence-electron chi connectivity index (χ2n) is 5.71. The fourth-order valence-corrected chi connectivity index (χ4v) is 4.52. The van der Waals surface area contributed by atoms with E-state index in [1.54, 1.807) is 0 Å². The average molecular weight is 479 g/mol. The maximum absolute atomic E-state index is 2.17. The maximum Gasteiger partial charge on any atom is 2.00 e. The van der Waals surface area contributed by atoms with Gasteiger partial charge in [0.1, 0.15) is 0 Å². The van der Waals surface area contributed by atoms with Crippen molar-refractivity contribution < 1.29 is 20.4 Å². The van der Waals surface area contributed by atoms with E-state index in [1.165, 1.54) is 21.2 Å². The molecular formula is C24H22P2Pd+2. The van der Waals surface area contributed by atoms with Crippen molar-refractivity contribution in [2.75, 3.05) is 0 Å². The van der Waals surface area contributed by atoms with E-state index in [9.17, 15) is 0 Å². The van der Waals surface area contributed by atoms with Crippen molar-refractivity contribution in [3.05, 3.63) is 121 Å². The third-order valence-electron chi connectivity index (χ3n) is 3.67. The second-order valence-corrected chi connectivity index (χ2v) is 8.52. The summed E-state index contributed by atoms with van der Waals surface area (Å²) in [6, 6.07) is 42.3. The molecular weight excluding hydrogens is 457 g/mol. The molecule has 4 aromatic carbocycles. The molecule has 0 fully saturated rings. The van der Waals surface area contributed by atoms with E-state index >= 15 is 0 Å². The first-order chi connectivity index (χ1) is 12.9. The Kier molecular flexibility index (Phi) is 10.2. The van der Waals surface area contributed by atoms with Crippen LogP contribution in [0.4, 0.5) is 0 Å². The zero-order valence-electron chi connectivity index (χ0n) is 14.9. The molecule has 27 heavy (non-hydrogen) atoms. The monoisotopic (exact) mass is 478 g/mol. The molecule has 0 bridgehead atoms. The van der Waals surface area contributed by atoms with Crippen molar-refractivity contribution in [2.24, 2.45) is 0 Å². The fourth-order valence-electron chi connectivity index (χ4n) is 2.42. The van der Waals surface area contributed by atoms with Gasteiger partial charge in [0.25, 0.3) is 0 Å². The molecule has 3 heteroatoms. The fraction of sp³-hybridized carbons (Fsp3) is 0. The zero-order valence-corrected chi connectivity index (χ0v) is 18.4. The van der Waals surface area contributed by atoms with Gasteiger partial charge in [-0.1, -0.05) is 138 Å². The summed E-state index contributed by atoms with van der Waals surface area (Å²) in [5.41, 5.74) is 0.